The lowest BCUT2D eigenvalue weighted by Gasteiger charge is -2.34. The second-order valence-electron chi connectivity index (χ2n) is 9.30. The number of hydrogen-bond donors (Lipinski definition) is 1. The second-order valence-corrected chi connectivity index (χ2v) is 9.30. The number of aryl methyl sites for hydroxylation is 1. The predicted octanol–water partition coefficient (Wildman–Crippen LogP) is 3.79. The van der Waals surface area contributed by atoms with Gasteiger partial charge >= 0.3 is 0 Å². The van der Waals surface area contributed by atoms with Crippen molar-refractivity contribution in [3.63, 3.8) is 0 Å². The van der Waals surface area contributed by atoms with Crippen molar-refractivity contribution in [2.45, 2.75) is 19.9 Å². The van der Waals surface area contributed by atoms with Crippen LogP contribution in [0.2, 0.25) is 0 Å². The van der Waals surface area contributed by atoms with Gasteiger partial charge in [-0.05, 0) is 37.1 Å². The van der Waals surface area contributed by atoms with Crippen molar-refractivity contribution in [3.05, 3.63) is 107 Å². The molecule has 4 aromatic rings. The Labute approximate surface area is 201 Å². The Morgan fingerprint density at radius 1 is 0.824 bits per heavy atom. The molecule has 6 rings (SSSR count). The predicted molar refractivity (Wildman–Crippen MR) is 137 cm³/mol. The monoisotopic (exact) mass is 448 g/mol. The number of hydrazone groups is 1. The van der Waals surface area contributed by atoms with Gasteiger partial charge < -0.3 is 4.90 Å². The summed E-state index contributed by atoms with van der Waals surface area (Å²) in [7, 11) is 0. The molecule has 3 aromatic carbocycles. The van der Waals surface area contributed by atoms with Crippen LogP contribution in [0.1, 0.15) is 34.1 Å². The average molecular weight is 449 g/mol. The fourth-order valence-electron chi connectivity index (χ4n) is 5.58. The summed E-state index contributed by atoms with van der Waals surface area (Å²) < 4.78 is 2.01. The van der Waals surface area contributed by atoms with Gasteiger partial charge in [-0.15, -0.1) is 0 Å². The lowest BCUT2D eigenvalue weighted by Crippen LogP contribution is -3.14. The van der Waals surface area contributed by atoms with Crippen LogP contribution in [0.15, 0.2) is 84.0 Å². The molecule has 1 N–H and O–H groups in total. The van der Waals surface area contributed by atoms with Crippen LogP contribution in [0.4, 0.5) is 0 Å². The van der Waals surface area contributed by atoms with E-state index in [0.717, 1.165) is 48.8 Å². The van der Waals surface area contributed by atoms with E-state index in [1.54, 1.807) is 4.90 Å². The molecule has 1 aromatic heterocycles. The molecule has 170 valence electrons. The van der Waals surface area contributed by atoms with Crippen molar-refractivity contribution in [1.29, 1.82) is 0 Å². The molecule has 1 saturated heterocycles. The molecule has 1 aliphatic heterocycles. The highest BCUT2D eigenvalue weighted by molar-refractivity contribution is 5.82. The zero-order valence-corrected chi connectivity index (χ0v) is 19.8. The normalized spacial score (nSPS) is 16.2. The van der Waals surface area contributed by atoms with Crippen molar-refractivity contribution in [3.8, 4) is 16.8 Å². The van der Waals surface area contributed by atoms with Crippen LogP contribution in [0, 0.1) is 13.8 Å². The van der Waals surface area contributed by atoms with Crippen molar-refractivity contribution in [2.75, 3.05) is 26.2 Å². The lowest BCUT2D eigenvalue weighted by atomic mass is 10.0. The maximum Gasteiger partial charge on any atom is 0.140 e. The minimum Gasteiger partial charge on any atom is -0.322 e. The van der Waals surface area contributed by atoms with Gasteiger partial charge in [-0.2, -0.15) is 10.2 Å². The van der Waals surface area contributed by atoms with Gasteiger partial charge in [-0.3, -0.25) is 5.01 Å². The van der Waals surface area contributed by atoms with Gasteiger partial charge in [0, 0.05) is 16.7 Å². The Bertz CT molecular complexity index is 1300. The number of nitrogens with zero attached hydrogens (tertiary/aromatic N) is 4. The molecule has 0 spiro atoms. The smallest absolute Gasteiger partial charge is 0.140 e. The van der Waals surface area contributed by atoms with Gasteiger partial charge in [-0.1, -0.05) is 66.7 Å². The molecule has 0 atom stereocenters. The Hall–Kier alpha value is -3.70. The molecule has 1 fully saturated rings. The minimum atomic E-state index is 0.423. The summed E-state index contributed by atoms with van der Waals surface area (Å²) in [4.78, 5) is 1.63. The third-order valence-electron chi connectivity index (χ3n) is 7.32. The van der Waals surface area contributed by atoms with E-state index in [0.29, 0.717) is 6.04 Å². The standard InChI is InChI=1S/C29H29N5/c1-21-28(22(2)34(31-21)23-10-4-3-5-11-23)20-30-33-18-16-32(17-19-33)29-26-14-8-6-12-24(26)25-13-7-9-15-27(25)29/h3-15,20,29H,16-19H2,1-2H3/p+1/b30-20-. The van der Waals surface area contributed by atoms with Gasteiger partial charge in [0.05, 0.1) is 49.5 Å². The van der Waals surface area contributed by atoms with E-state index in [1.165, 1.54) is 22.3 Å². The van der Waals surface area contributed by atoms with Crippen molar-refractivity contribution < 1.29 is 4.90 Å². The van der Waals surface area contributed by atoms with Crippen LogP contribution in [0.5, 0.6) is 0 Å². The summed E-state index contributed by atoms with van der Waals surface area (Å²) in [5, 5.41) is 11.8. The van der Waals surface area contributed by atoms with Gasteiger partial charge in [0.15, 0.2) is 0 Å². The van der Waals surface area contributed by atoms with E-state index in [-0.39, 0.29) is 0 Å². The third kappa shape index (κ3) is 3.53. The van der Waals surface area contributed by atoms with Crippen molar-refractivity contribution in [2.24, 2.45) is 5.10 Å². The molecule has 0 saturated carbocycles. The topological polar surface area (TPSA) is 37.9 Å². The summed E-state index contributed by atoms with van der Waals surface area (Å²) in [5.74, 6) is 0. The SMILES string of the molecule is Cc1nn(-c2ccccc2)c(C)c1/C=N\N1CC[NH+](C2c3ccccc3-c3ccccc32)CC1. The van der Waals surface area contributed by atoms with Crippen LogP contribution in [0.3, 0.4) is 0 Å². The molecule has 0 amide bonds. The van der Waals surface area contributed by atoms with E-state index in [2.05, 4.69) is 79.5 Å². The second kappa shape index (κ2) is 8.58. The first-order valence-electron chi connectivity index (χ1n) is 12.1. The van der Waals surface area contributed by atoms with Crippen molar-refractivity contribution >= 4 is 6.21 Å². The van der Waals surface area contributed by atoms with Gasteiger partial charge in [-0.25, -0.2) is 4.68 Å². The third-order valence-corrected chi connectivity index (χ3v) is 7.32. The fraction of sp³-hybridized carbons (Fsp3) is 0.241. The molecule has 5 nitrogen and oxygen atoms in total. The maximum absolute atomic E-state index is 4.87. The number of piperazine rings is 1. The Balaban J connectivity index is 1.18. The van der Waals surface area contributed by atoms with Gasteiger partial charge in [0.25, 0.3) is 0 Å². The molecule has 0 bridgehead atoms. The minimum absolute atomic E-state index is 0.423. The van der Waals surface area contributed by atoms with E-state index >= 15 is 0 Å². The molecule has 2 heterocycles. The number of hydrogen-bond acceptors (Lipinski definition) is 3. The maximum atomic E-state index is 4.87. The number of fused-ring (bicyclic) bond motifs is 3. The van der Waals surface area contributed by atoms with E-state index in [1.807, 2.05) is 29.1 Å². The van der Waals surface area contributed by atoms with Crippen molar-refractivity contribution in [1.82, 2.24) is 14.8 Å². The molecular weight excluding hydrogens is 418 g/mol. The molecular formula is C29H30N5+. The average Bonchev–Trinajstić information content (AvgIpc) is 3.37. The van der Waals surface area contributed by atoms with Gasteiger partial charge in [0.2, 0.25) is 0 Å². The van der Waals surface area contributed by atoms with E-state index in [4.69, 9.17) is 10.2 Å². The van der Waals surface area contributed by atoms with Gasteiger partial charge in [0.1, 0.15) is 6.04 Å². The molecule has 0 radical (unpaired) electrons. The number of nitrogens with one attached hydrogen (secondary N) is 1. The lowest BCUT2D eigenvalue weighted by molar-refractivity contribution is -0.929. The largest absolute Gasteiger partial charge is 0.322 e. The summed E-state index contributed by atoms with van der Waals surface area (Å²) in [6, 6.07) is 28.6. The fourth-order valence-corrected chi connectivity index (χ4v) is 5.58. The summed E-state index contributed by atoms with van der Waals surface area (Å²) in [6.45, 7) is 8.24. The van der Waals surface area contributed by atoms with E-state index < -0.39 is 0 Å². The van der Waals surface area contributed by atoms with Crippen LogP contribution < -0.4 is 4.90 Å². The highest BCUT2D eigenvalue weighted by Crippen LogP contribution is 2.41. The quantitative estimate of drug-likeness (QED) is 0.483. The Kier molecular flexibility index (Phi) is 5.27. The van der Waals surface area contributed by atoms with Crippen LogP contribution >= 0.6 is 0 Å². The number of quaternary nitrogens is 1. The Morgan fingerprint density at radius 2 is 1.41 bits per heavy atom. The molecule has 5 heteroatoms. The highest BCUT2D eigenvalue weighted by Gasteiger charge is 2.37. The number of benzene rings is 3. The zero-order valence-electron chi connectivity index (χ0n) is 19.8. The first-order valence-corrected chi connectivity index (χ1v) is 12.1. The molecule has 34 heavy (non-hydrogen) atoms. The Morgan fingerprint density at radius 3 is 2.06 bits per heavy atom. The first kappa shape index (κ1) is 20.9. The van der Waals surface area contributed by atoms with E-state index in [9.17, 15) is 0 Å². The molecule has 2 aliphatic rings. The first-order chi connectivity index (χ1) is 16.7. The zero-order chi connectivity index (χ0) is 23.1. The van der Waals surface area contributed by atoms with Crippen LogP contribution in [-0.2, 0) is 0 Å². The number of para-hydroxylation sites is 1. The molecule has 0 unspecified atom stereocenters. The summed E-state index contributed by atoms with van der Waals surface area (Å²) >= 11 is 0. The van der Waals surface area contributed by atoms with Crippen LogP contribution in [-0.4, -0.2) is 47.2 Å². The summed E-state index contributed by atoms with van der Waals surface area (Å²) in [6.07, 6.45) is 2.00. The highest BCUT2D eigenvalue weighted by atomic mass is 15.5. The number of rotatable bonds is 4. The van der Waals surface area contributed by atoms with Crippen LogP contribution in [0.25, 0.3) is 16.8 Å². The molecule has 1 aliphatic carbocycles. The number of aromatic nitrogens is 2. The summed E-state index contributed by atoms with van der Waals surface area (Å²) in [5.41, 5.74) is 10.1.